The molecular weight excluding hydrogens is 488 g/mol. The van der Waals surface area contributed by atoms with Gasteiger partial charge in [0.2, 0.25) is 0 Å². The van der Waals surface area contributed by atoms with Crippen molar-refractivity contribution in [3.63, 3.8) is 0 Å². The molecule has 210 valence electrons. The lowest BCUT2D eigenvalue weighted by Crippen LogP contribution is -2.03. The van der Waals surface area contributed by atoms with Crippen LogP contribution in [0, 0.1) is 23.7 Å². The summed E-state index contributed by atoms with van der Waals surface area (Å²) in [5, 5.41) is 0. The topological polar surface area (TPSA) is 18.5 Å². The average molecular weight is 535 g/mol. The number of ether oxygens (including phenoxy) is 2. The fourth-order valence-electron chi connectivity index (χ4n) is 4.45. The first-order chi connectivity index (χ1) is 19.8. The van der Waals surface area contributed by atoms with Crippen LogP contribution in [0.1, 0.15) is 113 Å². The van der Waals surface area contributed by atoms with Gasteiger partial charge in [-0.3, -0.25) is 0 Å². The maximum atomic E-state index is 6.33. The third-order valence-corrected chi connectivity index (χ3v) is 6.82. The minimum absolute atomic E-state index is 0.676. The molecule has 0 unspecified atom stereocenters. The van der Waals surface area contributed by atoms with E-state index in [2.05, 4.69) is 37.5 Å². The van der Waals surface area contributed by atoms with Gasteiger partial charge in [0.1, 0.15) is 11.5 Å². The van der Waals surface area contributed by atoms with Gasteiger partial charge in [0, 0.05) is 23.3 Å². The first-order valence-electron chi connectivity index (χ1n) is 15.4. The van der Waals surface area contributed by atoms with E-state index in [1.54, 1.807) is 0 Å². The van der Waals surface area contributed by atoms with Crippen molar-refractivity contribution < 1.29 is 9.47 Å². The SMILES string of the molecule is CCCCCCCCOc1cc(C#Cc2ccccc2)c(OCCCCCCCC)cc1C#Cc1ccccc1. The predicted molar refractivity (Wildman–Crippen MR) is 169 cm³/mol. The Morgan fingerprint density at radius 3 is 1.23 bits per heavy atom. The van der Waals surface area contributed by atoms with Crippen molar-refractivity contribution in [3.05, 3.63) is 95.1 Å². The second kappa shape index (κ2) is 19.4. The fourth-order valence-corrected chi connectivity index (χ4v) is 4.45. The standard InChI is InChI=1S/C38H46O2/c1-3-5-7-9-11-19-29-39-37-31-36(28-26-34-23-17-14-18-24-34)38(40-30-20-12-10-8-6-4-2)32-35(37)27-25-33-21-15-13-16-22-33/h13-18,21-24,31-32H,3-12,19-20,29-30H2,1-2H3. The Morgan fingerprint density at radius 2 is 0.825 bits per heavy atom. The predicted octanol–water partition coefficient (Wildman–Crippen LogP) is 9.96. The molecular formula is C38H46O2. The van der Waals surface area contributed by atoms with Gasteiger partial charge >= 0.3 is 0 Å². The summed E-state index contributed by atoms with van der Waals surface area (Å²) in [6.07, 6.45) is 14.7. The summed E-state index contributed by atoms with van der Waals surface area (Å²) in [7, 11) is 0. The number of rotatable bonds is 16. The summed E-state index contributed by atoms with van der Waals surface area (Å²) in [5.41, 5.74) is 3.65. The highest BCUT2D eigenvalue weighted by atomic mass is 16.5. The van der Waals surface area contributed by atoms with Crippen molar-refractivity contribution in [1.29, 1.82) is 0 Å². The van der Waals surface area contributed by atoms with Crippen LogP contribution in [-0.4, -0.2) is 13.2 Å². The molecule has 0 saturated carbocycles. The van der Waals surface area contributed by atoms with Crippen LogP contribution in [0.4, 0.5) is 0 Å². The van der Waals surface area contributed by atoms with E-state index in [0.717, 1.165) is 46.6 Å². The summed E-state index contributed by atoms with van der Waals surface area (Å²) in [6.45, 7) is 5.85. The molecule has 0 aromatic heterocycles. The monoisotopic (exact) mass is 534 g/mol. The maximum absolute atomic E-state index is 6.33. The molecule has 3 rings (SSSR count). The van der Waals surface area contributed by atoms with Crippen LogP contribution >= 0.6 is 0 Å². The van der Waals surface area contributed by atoms with Crippen LogP contribution < -0.4 is 9.47 Å². The number of unbranched alkanes of at least 4 members (excludes halogenated alkanes) is 10. The molecule has 0 aliphatic rings. The molecule has 0 radical (unpaired) electrons. The van der Waals surface area contributed by atoms with Gasteiger partial charge in [-0.05, 0) is 37.1 Å². The second-order valence-electron chi connectivity index (χ2n) is 10.3. The van der Waals surface area contributed by atoms with E-state index in [1.807, 2.05) is 72.8 Å². The Bertz CT molecular complexity index is 1120. The Hall–Kier alpha value is -3.62. The largest absolute Gasteiger partial charge is 0.492 e. The summed E-state index contributed by atoms with van der Waals surface area (Å²) >= 11 is 0. The molecule has 0 aliphatic carbocycles. The molecule has 2 nitrogen and oxygen atoms in total. The summed E-state index contributed by atoms with van der Waals surface area (Å²) in [4.78, 5) is 0. The molecule has 0 N–H and O–H groups in total. The highest BCUT2D eigenvalue weighted by Gasteiger charge is 2.11. The quantitative estimate of drug-likeness (QED) is 0.134. The average Bonchev–Trinajstić information content (AvgIpc) is 3.00. The van der Waals surface area contributed by atoms with Gasteiger partial charge in [0.05, 0.1) is 24.3 Å². The Morgan fingerprint density at radius 1 is 0.450 bits per heavy atom. The van der Waals surface area contributed by atoms with Crippen molar-refractivity contribution in [1.82, 2.24) is 0 Å². The van der Waals surface area contributed by atoms with Crippen LogP contribution in [0.3, 0.4) is 0 Å². The molecule has 0 heterocycles. The zero-order valence-corrected chi connectivity index (χ0v) is 24.6. The van der Waals surface area contributed by atoms with Gasteiger partial charge in [0.15, 0.2) is 0 Å². The van der Waals surface area contributed by atoms with Gasteiger partial charge in [-0.2, -0.15) is 0 Å². The van der Waals surface area contributed by atoms with Crippen molar-refractivity contribution in [2.24, 2.45) is 0 Å². The first kappa shape index (κ1) is 30.9. The van der Waals surface area contributed by atoms with Gasteiger partial charge in [0.25, 0.3) is 0 Å². The van der Waals surface area contributed by atoms with Crippen molar-refractivity contribution in [2.75, 3.05) is 13.2 Å². The third kappa shape index (κ3) is 12.1. The van der Waals surface area contributed by atoms with Crippen LogP contribution in [0.5, 0.6) is 11.5 Å². The minimum Gasteiger partial charge on any atom is -0.492 e. The van der Waals surface area contributed by atoms with Crippen LogP contribution in [0.15, 0.2) is 72.8 Å². The van der Waals surface area contributed by atoms with Crippen LogP contribution in [0.25, 0.3) is 0 Å². The van der Waals surface area contributed by atoms with Crippen molar-refractivity contribution >= 4 is 0 Å². The van der Waals surface area contributed by atoms with E-state index in [0.29, 0.717) is 13.2 Å². The molecule has 0 saturated heterocycles. The number of benzene rings is 3. The summed E-state index contributed by atoms with van der Waals surface area (Å²) < 4.78 is 12.7. The lowest BCUT2D eigenvalue weighted by Gasteiger charge is -2.14. The molecule has 3 aromatic rings. The summed E-state index contributed by atoms with van der Waals surface area (Å²) in [5.74, 6) is 14.9. The molecule has 0 atom stereocenters. The number of hydrogen-bond acceptors (Lipinski definition) is 2. The van der Waals surface area contributed by atoms with Crippen molar-refractivity contribution in [2.45, 2.75) is 90.9 Å². The second-order valence-corrected chi connectivity index (χ2v) is 10.3. The zero-order chi connectivity index (χ0) is 28.1. The molecule has 0 bridgehead atoms. The molecule has 2 heteroatoms. The van der Waals surface area contributed by atoms with Gasteiger partial charge in [-0.25, -0.2) is 0 Å². The molecule has 0 amide bonds. The van der Waals surface area contributed by atoms with E-state index in [4.69, 9.17) is 9.47 Å². The molecule has 0 aliphatic heterocycles. The lowest BCUT2D eigenvalue weighted by atomic mass is 10.1. The van der Waals surface area contributed by atoms with E-state index in [-0.39, 0.29) is 0 Å². The van der Waals surface area contributed by atoms with E-state index in [9.17, 15) is 0 Å². The van der Waals surface area contributed by atoms with Gasteiger partial charge < -0.3 is 9.47 Å². The Balaban J connectivity index is 1.83. The Labute approximate surface area is 243 Å². The molecule has 0 fully saturated rings. The smallest absolute Gasteiger partial charge is 0.136 e. The Kier molecular flexibility index (Phi) is 15.0. The van der Waals surface area contributed by atoms with E-state index in [1.165, 1.54) is 64.2 Å². The first-order valence-corrected chi connectivity index (χ1v) is 15.4. The molecule has 3 aromatic carbocycles. The van der Waals surface area contributed by atoms with Gasteiger partial charge in [-0.15, -0.1) is 0 Å². The van der Waals surface area contributed by atoms with Crippen LogP contribution in [-0.2, 0) is 0 Å². The summed E-state index contributed by atoms with van der Waals surface area (Å²) in [6, 6.07) is 24.2. The van der Waals surface area contributed by atoms with Crippen LogP contribution in [0.2, 0.25) is 0 Å². The third-order valence-electron chi connectivity index (χ3n) is 6.82. The molecule has 40 heavy (non-hydrogen) atoms. The minimum atomic E-state index is 0.676. The normalized spacial score (nSPS) is 10.2. The lowest BCUT2D eigenvalue weighted by molar-refractivity contribution is 0.295. The van der Waals surface area contributed by atoms with Gasteiger partial charge in [-0.1, -0.05) is 138 Å². The van der Waals surface area contributed by atoms with Crippen molar-refractivity contribution in [3.8, 4) is 35.2 Å². The van der Waals surface area contributed by atoms with E-state index < -0.39 is 0 Å². The van der Waals surface area contributed by atoms with E-state index >= 15 is 0 Å². The fraction of sp³-hybridized carbons (Fsp3) is 0.421. The highest BCUT2D eigenvalue weighted by Crippen LogP contribution is 2.29. The number of hydrogen-bond donors (Lipinski definition) is 0. The zero-order valence-electron chi connectivity index (χ0n) is 24.6. The highest BCUT2D eigenvalue weighted by molar-refractivity contribution is 5.60. The molecule has 0 spiro atoms. The maximum Gasteiger partial charge on any atom is 0.136 e.